The van der Waals surface area contributed by atoms with Gasteiger partial charge in [0.2, 0.25) is 5.91 Å². The molecule has 0 bridgehead atoms. The van der Waals surface area contributed by atoms with Crippen LogP contribution in [-0.2, 0) is 16.1 Å². The fourth-order valence-corrected chi connectivity index (χ4v) is 4.27. The van der Waals surface area contributed by atoms with Gasteiger partial charge in [0.05, 0.1) is 6.54 Å². The number of rotatable bonds is 8. The Morgan fingerprint density at radius 3 is 2.50 bits per heavy atom. The minimum atomic E-state index is -0.857. The van der Waals surface area contributed by atoms with Crippen molar-refractivity contribution >= 4 is 35.2 Å². The first kappa shape index (κ1) is 25.3. The van der Waals surface area contributed by atoms with Crippen LogP contribution in [-0.4, -0.2) is 35.4 Å². The van der Waals surface area contributed by atoms with Gasteiger partial charge < -0.3 is 15.4 Å². The van der Waals surface area contributed by atoms with Crippen LogP contribution >= 0.6 is 11.6 Å². The van der Waals surface area contributed by atoms with E-state index in [1.165, 1.54) is 4.90 Å². The predicted octanol–water partition coefficient (Wildman–Crippen LogP) is 5.49. The summed E-state index contributed by atoms with van der Waals surface area (Å²) in [6.45, 7) is 4.68. The Morgan fingerprint density at radius 1 is 1.03 bits per heavy atom. The highest BCUT2D eigenvalue weighted by atomic mass is 35.5. The molecule has 0 aliphatic carbocycles. The summed E-state index contributed by atoms with van der Waals surface area (Å²) in [5.41, 5.74) is 3.54. The molecule has 1 saturated heterocycles. The van der Waals surface area contributed by atoms with Crippen molar-refractivity contribution < 1.29 is 19.1 Å². The van der Waals surface area contributed by atoms with Crippen LogP contribution < -0.4 is 10.6 Å². The Kier molecular flexibility index (Phi) is 7.90. The summed E-state index contributed by atoms with van der Waals surface area (Å²) in [4.78, 5) is 40.3. The molecule has 0 spiro atoms. The molecule has 3 amide bonds. The number of nitrogens with zero attached hydrogens (tertiary/aromatic N) is 1. The molecular formula is C28H28ClN3O4. The molecule has 0 radical (unpaired) electrons. The van der Waals surface area contributed by atoms with Crippen LogP contribution in [0.5, 0.6) is 0 Å². The van der Waals surface area contributed by atoms with Gasteiger partial charge in [-0.1, -0.05) is 66.6 Å². The maximum Gasteiger partial charge on any atom is 0.411 e. The number of nitrogens with one attached hydrogen (secondary N) is 2. The van der Waals surface area contributed by atoms with E-state index in [0.29, 0.717) is 28.4 Å². The van der Waals surface area contributed by atoms with Gasteiger partial charge in [-0.15, -0.1) is 0 Å². The molecular weight excluding hydrogens is 478 g/mol. The summed E-state index contributed by atoms with van der Waals surface area (Å²) in [6.07, 6.45) is -0.630. The summed E-state index contributed by atoms with van der Waals surface area (Å²) in [6, 6.07) is 20.6. The molecule has 0 saturated carbocycles. The van der Waals surface area contributed by atoms with Crippen LogP contribution in [0.15, 0.2) is 72.8 Å². The van der Waals surface area contributed by atoms with Gasteiger partial charge in [-0.25, -0.2) is 4.79 Å². The topological polar surface area (TPSA) is 87.7 Å². The lowest BCUT2D eigenvalue weighted by atomic mass is 10.00. The first-order valence-electron chi connectivity index (χ1n) is 11.8. The maximum atomic E-state index is 13.2. The molecule has 36 heavy (non-hydrogen) atoms. The van der Waals surface area contributed by atoms with Crippen molar-refractivity contribution in [2.24, 2.45) is 0 Å². The van der Waals surface area contributed by atoms with Gasteiger partial charge >= 0.3 is 6.09 Å². The summed E-state index contributed by atoms with van der Waals surface area (Å²) in [5.74, 6) is -0.607. The second-order valence-corrected chi connectivity index (χ2v) is 9.18. The van der Waals surface area contributed by atoms with Gasteiger partial charge in [-0.2, -0.15) is 0 Å². The fraction of sp³-hybridized carbons (Fsp3) is 0.250. The van der Waals surface area contributed by atoms with Crippen molar-refractivity contribution in [3.8, 4) is 0 Å². The quantitative estimate of drug-likeness (QED) is 0.424. The second kappa shape index (κ2) is 11.3. The molecule has 1 heterocycles. The van der Waals surface area contributed by atoms with Crippen LogP contribution in [0.2, 0.25) is 5.02 Å². The van der Waals surface area contributed by atoms with Crippen molar-refractivity contribution in [1.29, 1.82) is 0 Å². The zero-order valence-electron chi connectivity index (χ0n) is 20.2. The summed E-state index contributed by atoms with van der Waals surface area (Å²) < 4.78 is 5.73. The Hall–Kier alpha value is -3.84. The van der Waals surface area contributed by atoms with Crippen molar-refractivity contribution in [3.63, 3.8) is 0 Å². The number of carbonyl (C=O) groups is 3. The number of carbonyl (C=O) groups excluding carboxylic acids is 3. The molecule has 3 aromatic carbocycles. The number of halogens is 1. The Bertz CT molecular complexity index is 1260. The number of anilines is 1. The van der Waals surface area contributed by atoms with E-state index in [1.807, 2.05) is 38.1 Å². The zero-order valence-corrected chi connectivity index (χ0v) is 20.9. The smallest absolute Gasteiger partial charge is 0.411 e. The van der Waals surface area contributed by atoms with Crippen LogP contribution in [0, 0.1) is 6.92 Å². The Labute approximate surface area is 215 Å². The third-order valence-electron chi connectivity index (χ3n) is 5.94. The molecule has 7 nitrogen and oxygen atoms in total. The monoisotopic (exact) mass is 505 g/mol. The average molecular weight is 506 g/mol. The predicted molar refractivity (Wildman–Crippen MR) is 139 cm³/mol. The van der Waals surface area contributed by atoms with E-state index in [1.54, 1.807) is 48.5 Å². The van der Waals surface area contributed by atoms with Crippen molar-refractivity contribution in [2.45, 2.75) is 39.0 Å². The highest BCUT2D eigenvalue weighted by Crippen LogP contribution is 2.35. The minimum Gasteiger partial charge on any atom is -0.438 e. The molecule has 8 heteroatoms. The van der Waals surface area contributed by atoms with E-state index in [9.17, 15) is 14.4 Å². The number of ether oxygens (including phenoxy) is 1. The second-order valence-electron chi connectivity index (χ2n) is 8.74. The Morgan fingerprint density at radius 2 is 1.78 bits per heavy atom. The highest BCUT2D eigenvalue weighted by Gasteiger charge is 2.46. The lowest BCUT2D eigenvalue weighted by molar-refractivity contribution is -0.126. The number of benzene rings is 3. The van der Waals surface area contributed by atoms with Crippen LogP contribution in [0.4, 0.5) is 10.5 Å². The maximum absolute atomic E-state index is 13.2. The van der Waals surface area contributed by atoms with Crippen molar-refractivity contribution in [2.75, 3.05) is 11.9 Å². The van der Waals surface area contributed by atoms with E-state index in [-0.39, 0.29) is 18.4 Å². The molecule has 0 unspecified atom stereocenters. The van der Waals surface area contributed by atoms with Crippen molar-refractivity contribution in [1.82, 2.24) is 10.2 Å². The third kappa shape index (κ3) is 5.86. The normalized spacial score (nSPS) is 17.0. The summed E-state index contributed by atoms with van der Waals surface area (Å²) in [5, 5.41) is 6.20. The van der Waals surface area contributed by atoms with Crippen LogP contribution in [0.1, 0.15) is 46.5 Å². The minimum absolute atomic E-state index is 0.241. The first-order valence-corrected chi connectivity index (χ1v) is 12.2. The van der Waals surface area contributed by atoms with Gasteiger partial charge in [0.1, 0.15) is 0 Å². The number of amides is 3. The van der Waals surface area contributed by atoms with Crippen LogP contribution in [0.25, 0.3) is 0 Å². The van der Waals surface area contributed by atoms with E-state index >= 15 is 0 Å². The number of aryl methyl sites for hydroxylation is 1. The molecule has 3 aromatic rings. The van der Waals surface area contributed by atoms with Gasteiger partial charge in [0.15, 0.2) is 12.1 Å². The first-order chi connectivity index (χ1) is 17.4. The summed E-state index contributed by atoms with van der Waals surface area (Å²) >= 11 is 6.01. The number of cyclic esters (lactones) is 1. The molecule has 4 rings (SSSR count). The molecule has 186 valence electrons. The van der Waals surface area contributed by atoms with Gasteiger partial charge in [-0.05, 0) is 54.8 Å². The lowest BCUT2D eigenvalue weighted by Gasteiger charge is -2.24. The largest absolute Gasteiger partial charge is 0.438 e. The standard InChI is InChI=1S/C28H28ClN3O4/c1-3-14-30-27(34)24-25(36-28(35)32(24)17-19-12-10-18(2)11-13-19)20-6-5-9-23(16-20)31-26(33)21-7-4-8-22(29)15-21/h4-13,15-16,24-25H,3,14,17H2,1-2H3,(H,30,34)(H,31,33)/t24-,25+/m0/s1. The molecule has 2 atom stereocenters. The summed E-state index contributed by atoms with van der Waals surface area (Å²) in [7, 11) is 0. The molecule has 1 fully saturated rings. The SMILES string of the molecule is CCCNC(=O)[C@@H]1[C@@H](c2cccc(NC(=O)c3cccc(Cl)c3)c2)OC(=O)N1Cc1ccc(C)cc1. The fourth-order valence-electron chi connectivity index (χ4n) is 4.08. The average Bonchev–Trinajstić information content (AvgIpc) is 3.20. The van der Waals surface area contributed by atoms with Gasteiger partial charge in [0.25, 0.3) is 5.91 Å². The zero-order chi connectivity index (χ0) is 25.7. The van der Waals surface area contributed by atoms with Gasteiger partial charge in [-0.3, -0.25) is 14.5 Å². The third-order valence-corrected chi connectivity index (χ3v) is 6.17. The van der Waals surface area contributed by atoms with E-state index < -0.39 is 18.2 Å². The molecule has 0 aromatic heterocycles. The number of hydrogen-bond donors (Lipinski definition) is 2. The Balaban J connectivity index is 1.59. The van der Waals surface area contributed by atoms with E-state index in [0.717, 1.165) is 17.5 Å². The van der Waals surface area contributed by atoms with Gasteiger partial charge in [0, 0.05) is 22.8 Å². The van der Waals surface area contributed by atoms with Crippen LogP contribution in [0.3, 0.4) is 0 Å². The number of hydrogen-bond acceptors (Lipinski definition) is 4. The van der Waals surface area contributed by atoms with E-state index in [4.69, 9.17) is 16.3 Å². The molecule has 2 N–H and O–H groups in total. The van der Waals surface area contributed by atoms with Crippen molar-refractivity contribution in [3.05, 3.63) is 100 Å². The molecule has 1 aliphatic rings. The highest BCUT2D eigenvalue weighted by molar-refractivity contribution is 6.31. The lowest BCUT2D eigenvalue weighted by Crippen LogP contribution is -2.46. The molecule has 1 aliphatic heterocycles. The van der Waals surface area contributed by atoms with E-state index in [2.05, 4.69) is 10.6 Å².